The second-order valence-corrected chi connectivity index (χ2v) is 12.7. The number of carbonyl (C=O) groups excluding carboxylic acids is 1. The van der Waals surface area contributed by atoms with Crippen LogP contribution in [0, 0.1) is 0 Å². The van der Waals surface area contributed by atoms with Crippen LogP contribution in [0.4, 0.5) is 4.79 Å². The first-order valence-corrected chi connectivity index (χ1v) is 10.6. The molecule has 20 heavy (non-hydrogen) atoms. The zero-order valence-corrected chi connectivity index (χ0v) is 16.1. The lowest BCUT2D eigenvalue weighted by Gasteiger charge is -2.39. The molecule has 0 aliphatic heterocycles. The van der Waals surface area contributed by atoms with Gasteiger partial charge in [-0.1, -0.05) is 20.8 Å². The van der Waals surface area contributed by atoms with E-state index < -0.39 is 20.0 Å². The number of hydrogen-bond acceptors (Lipinski definition) is 4. The standard InChI is InChI=1S/C14H31NO3SSi/c1-13(2,3)17-12(16)15(10-9-11-19)18-20(7,8)14(4,5)6/h19H,9-11H2,1-8H3. The molecule has 0 aliphatic rings. The van der Waals surface area contributed by atoms with Crippen LogP contribution in [0.2, 0.25) is 18.1 Å². The summed E-state index contributed by atoms with van der Waals surface area (Å²) in [6, 6.07) is 0. The fraction of sp³-hybridized carbons (Fsp3) is 0.929. The SMILES string of the molecule is CC(C)(C)OC(=O)N(CCCS)O[Si](C)(C)C(C)(C)C. The lowest BCUT2D eigenvalue weighted by Crippen LogP contribution is -2.50. The van der Waals surface area contributed by atoms with Gasteiger partial charge in [-0.05, 0) is 51.1 Å². The van der Waals surface area contributed by atoms with Crippen molar-refractivity contribution >= 4 is 27.0 Å². The van der Waals surface area contributed by atoms with Crippen molar-refractivity contribution in [2.45, 2.75) is 71.7 Å². The molecule has 6 heteroatoms. The summed E-state index contributed by atoms with van der Waals surface area (Å²) in [4.78, 5) is 12.2. The van der Waals surface area contributed by atoms with E-state index in [1.54, 1.807) is 0 Å². The highest BCUT2D eigenvalue weighted by Gasteiger charge is 2.41. The third kappa shape index (κ3) is 6.99. The van der Waals surface area contributed by atoms with Gasteiger partial charge in [-0.15, -0.1) is 0 Å². The first-order valence-electron chi connectivity index (χ1n) is 7.11. The predicted molar refractivity (Wildman–Crippen MR) is 89.7 cm³/mol. The maximum atomic E-state index is 12.2. The Hall–Kier alpha value is -0.203. The molecule has 1 amide bonds. The average molecular weight is 322 g/mol. The third-order valence-corrected chi connectivity index (χ3v) is 7.87. The summed E-state index contributed by atoms with van der Waals surface area (Å²) in [6.07, 6.45) is 0.362. The normalized spacial score (nSPS) is 13.2. The Kier molecular flexibility index (Phi) is 7.11. The topological polar surface area (TPSA) is 38.8 Å². The zero-order chi connectivity index (χ0) is 16.2. The van der Waals surface area contributed by atoms with E-state index in [4.69, 9.17) is 9.26 Å². The second-order valence-electron chi connectivity index (χ2n) is 7.51. The first kappa shape index (κ1) is 19.8. The fourth-order valence-electron chi connectivity index (χ4n) is 1.11. The van der Waals surface area contributed by atoms with Crippen molar-refractivity contribution in [1.82, 2.24) is 5.06 Å². The van der Waals surface area contributed by atoms with Gasteiger partial charge in [0.15, 0.2) is 0 Å². The van der Waals surface area contributed by atoms with Crippen LogP contribution < -0.4 is 0 Å². The van der Waals surface area contributed by atoms with Crippen LogP contribution in [0.1, 0.15) is 48.0 Å². The number of hydroxylamine groups is 2. The average Bonchev–Trinajstić information content (AvgIpc) is 2.19. The number of hydrogen-bond donors (Lipinski definition) is 1. The highest BCUT2D eigenvalue weighted by atomic mass is 32.1. The maximum absolute atomic E-state index is 12.2. The molecule has 0 saturated carbocycles. The lowest BCUT2D eigenvalue weighted by molar-refractivity contribution is -0.0816. The number of thiol groups is 1. The molecule has 0 N–H and O–H groups in total. The minimum Gasteiger partial charge on any atom is -0.442 e. The Morgan fingerprint density at radius 2 is 1.65 bits per heavy atom. The Balaban J connectivity index is 4.94. The smallest absolute Gasteiger partial charge is 0.433 e. The molecule has 0 aromatic heterocycles. The van der Waals surface area contributed by atoms with Gasteiger partial charge >= 0.3 is 6.09 Å². The molecule has 120 valence electrons. The van der Waals surface area contributed by atoms with Crippen molar-refractivity contribution < 1.29 is 14.1 Å². The van der Waals surface area contributed by atoms with Crippen molar-refractivity contribution in [3.05, 3.63) is 0 Å². The number of amides is 1. The molecular weight excluding hydrogens is 290 g/mol. The summed E-state index contributed by atoms with van der Waals surface area (Å²) in [5, 5.41) is 1.42. The van der Waals surface area contributed by atoms with E-state index in [-0.39, 0.29) is 5.04 Å². The molecule has 4 nitrogen and oxygen atoms in total. The van der Waals surface area contributed by atoms with E-state index >= 15 is 0 Å². The molecule has 0 aliphatic carbocycles. The highest BCUT2D eigenvalue weighted by molar-refractivity contribution is 7.80. The minimum atomic E-state index is -2.06. The van der Waals surface area contributed by atoms with E-state index in [1.165, 1.54) is 5.06 Å². The molecule has 0 aromatic carbocycles. The molecule has 0 radical (unpaired) electrons. The highest BCUT2D eigenvalue weighted by Crippen LogP contribution is 2.37. The molecule has 0 heterocycles. The fourth-order valence-corrected chi connectivity index (χ4v) is 2.25. The van der Waals surface area contributed by atoms with Gasteiger partial charge in [0.05, 0.1) is 6.54 Å². The number of rotatable bonds is 5. The number of carbonyl (C=O) groups is 1. The molecule has 0 fully saturated rings. The van der Waals surface area contributed by atoms with Crippen molar-refractivity contribution in [2.75, 3.05) is 12.3 Å². The van der Waals surface area contributed by atoms with Gasteiger partial charge < -0.3 is 9.26 Å². The van der Waals surface area contributed by atoms with Crippen molar-refractivity contribution in [1.29, 1.82) is 0 Å². The van der Waals surface area contributed by atoms with Crippen LogP contribution in [-0.2, 0) is 9.26 Å². The van der Waals surface area contributed by atoms with Crippen molar-refractivity contribution in [2.24, 2.45) is 0 Å². The number of nitrogens with zero attached hydrogens (tertiary/aromatic N) is 1. The van der Waals surface area contributed by atoms with Crippen LogP contribution in [-0.4, -0.2) is 37.4 Å². The third-order valence-electron chi connectivity index (χ3n) is 3.26. The van der Waals surface area contributed by atoms with Crippen LogP contribution >= 0.6 is 12.6 Å². The van der Waals surface area contributed by atoms with Gasteiger partial charge in [0.1, 0.15) is 5.60 Å². The van der Waals surface area contributed by atoms with E-state index in [0.29, 0.717) is 12.3 Å². The molecule has 0 rings (SSSR count). The van der Waals surface area contributed by atoms with Crippen molar-refractivity contribution in [3.63, 3.8) is 0 Å². The van der Waals surface area contributed by atoms with E-state index in [9.17, 15) is 4.79 Å². The second kappa shape index (κ2) is 7.18. The summed E-state index contributed by atoms with van der Waals surface area (Å²) in [5.74, 6) is 0.708. The van der Waals surface area contributed by atoms with Gasteiger partial charge in [0, 0.05) is 0 Å². The Bertz CT molecular complexity index is 321. The summed E-state index contributed by atoms with van der Waals surface area (Å²) in [6.45, 7) is 16.7. The Labute approximate surface area is 130 Å². The van der Waals surface area contributed by atoms with Crippen molar-refractivity contribution in [3.8, 4) is 0 Å². The largest absolute Gasteiger partial charge is 0.442 e. The lowest BCUT2D eigenvalue weighted by atomic mass is 10.2. The summed E-state index contributed by atoms with van der Waals surface area (Å²) in [7, 11) is -2.06. The zero-order valence-electron chi connectivity index (χ0n) is 14.2. The molecule has 0 unspecified atom stereocenters. The van der Waals surface area contributed by atoms with Crippen LogP contribution in [0.5, 0.6) is 0 Å². The molecule has 0 bridgehead atoms. The molecular formula is C14H31NO3SSi. The van der Waals surface area contributed by atoms with E-state index in [1.807, 2.05) is 20.8 Å². The van der Waals surface area contributed by atoms with E-state index in [0.717, 1.165) is 6.42 Å². The Morgan fingerprint density at radius 1 is 1.15 bits per heavy atom. The summed E-state index contributed by atoms with van der Waals surface area (Å²) >= 11 is 4.20. The van der Waals surface area contributed by atoms with Gasteiger partial charge in [0.2, 0.25) is 8.32 Å². The van der Waals surface area contributed by atoms with Gasteiger partial charge in [-0.25, -0.2) is 4.79 Å². The first-order chi connectivity index (χ1) is 8.80. The van der Waals surface area contributed by atoms with Gasteiger partial charge in [-0.2, -0.15) is 17.7 Å². The van der Waals surface area contributed by atoms with Crippen LogP contribution in [0.25, 0.3) is 0 Å². The minimum absolute atomic E-state index is 0.0359. The van der Waals surface area contributed by atoms with Gasteiger partial charge in [0.25, 0.3) is 0 Å². The van der Waals surface area contributed by atoms with Gasteiger partial charge in [-0.3, -0.25) is 0 Å². The van der Waals surface area contributed by atoms with Crippen LogP contribution in [0.15, 0.2) is 0 Å². The monoisotopic (exact) mass is 321 g/mol. The maximum Gasteiger partial charge on any atom is 0.433 e. The summed E-state index contributed by atoms with van der Waals surface area (Å²) < 4.78 is 11.5. The molecule has 0 spiro atoms. The number of ether oxygens (including phenoxy) is 1. The predicted octanol–water partition coefficient (Wildman–Crippen LogP) is 4.48. The molecule has 0 atom stereocenters. The Morgan fingerprint density at radius 3 is 2.00 bits per heavy atom. The quantitative estimate of drug-likeness (QED) is 0.461. The molecule has 0 aromatic rings. The van der Waals surface area contributed by atoms with E-state index in [2.05, 4.69) is 46.5 Å². The summed E-state index contributed by atoms with van der Waals surface area (Å²) in [5.41, 5.74) is -0.521. The molecule has 0 saturated heterocycles. The van der Waals surface area contributed by atoms with Crippen LogP contribution in [0.3, 0.4) is 0 Å².